The number of nitrogens with zero attached hydrogens (tertiary/aromatic N) is 2. The molecule has 1 aromatic carbocycles. The van der Waals surface area contributed by atoms with Crippen molar-refractivity contribution in [2.75, 3.05) is 5.75 Å². The van der Waals surface area contributed by atoms with Crippen molar-refractivity contribution in [1.29, 1.82) is 0 Å². The Bertz CT molecular complexity index is 854. The predicted octanol–water partition coefficient (Wildman–Crippen LogP) is 4.87. The quantitative estimate of drug-likeness (QED) is 0.708. The lowest BCUT2D eigenvalue weighted by atomic mass is 9.48. The standard InChI is InChI=1S/C23H31N3OS/c1-3-26-20-7-5-4-6-19(20)25-22(26)28-14-21(27)24-15(2)23-11-16-8-17(12-23)10-18(9-16)13-23/h4-7,15-18H,3,8-14H2,1-2H3,(H,24,27)/t15-,16?,17?,18?,23?/m0/s1. The van der Waals surface area contributed by atoms with Crippen LogP contribution < -0.4 is 5.32 Å². The number of nitrogens with one attached hydrogen (secondary N) is 1. The number of para-hydroxylation sites is 2. The monoisotopic (exact) mass is 397 g/mol. The molecule has 150 valence electrons. The van der Waals surface area contributed by atoms with E-state index < -0.39 is 0 Å². The highest BCUT2D eigenvalue weighted by Gasteiger charge is 2.53. The van der Waals surface area contributed by atoms with Crippen LogP contribution in [0, 0.1) is 23.2 Å². The van der Waals surface area contributed by atoms with Gasteiger partial charge in [-0.15, -0.1) is 0 Å². The molecule has 1 amide bonds. The molecule has 4 aliphatic carbocycles. The number of aromatic nitrogens is 2. The Kier molecular flexibility index (Phi) is 4.69. The number of thioether (sulfide) groups is 1. The van der Waals surface area contributed by atoms with E-state index in [1.54, 1.807) is 11.8 Å². The first-order valence-corrected chi connectivity index (χ1v) is 11.9. The predicted molar refractivity (Wildman–Crippen MR) is 114 cm³/mol. The molecule has 4 fully saturated rings. The van der Waals surface area contributed by atoms with Crippen molar-refractivity contribution in [2.24, 2.45) is 23.2 Å². The second kappa shape index (κ2) is 7.08. The fraction of sp³-hybridized carbons (Fsp3) is 0.652. The van der Waals surface area contributed by atoms with Crippen molar-refractivity contribution in [2.45, 2.75) is 70.1 Å². The molecule has 1 atom stereocenters. The minimum Gasteiger partial charge on any atom is -0.352 e. The molecule has 4 bridgehead atoms. The van der Waals surface area contributed by atoms with Gasteiger partial charge in [0.05, 0.1) is 16.8 Å². The van der Waals surface area contributed by atoms with Gasteiger partial charge in [0.15, 0.2) is 5.16 Å². The van der Waals surface area contributed by atoms with Gasteiger partial charge in [-0.05, 0) is 87.7 Å². The number of benzene rings is 1. The summed E-state index contributed by atoms with van der Waals surface area (Å²) in [6.45, 7) is 5.26. The van der Waals surface area contributed by atoms with Crippen LogP contribution in [0.5, 0.6) is 0 Å². The topological polar surface area (TPSA) is 46.9 Å². The number of carbonyl (C=O) groups excluding carboxylic acids is 1. The number of imidazole rings is 1. The Balaban J connectivity index is 1.23. The van der Waals surface area contributed by atoms with E-state index in [0.29, 0.717) is 17.2 Å². The molecule has 0 spiro atoms. The molecule has 4 aliphatic rings. The van der Waals surface area contributed by atoms with Gasteiger partial charge in [-0.25, -0.2) is 4.98 Å². The summed E-state index contributed by atoms with van der Waals surface area (Å²) in [7, 11) is 0. The van der Waals surface area contributed by atoms with Crippen molar-refractivity contribution in [3.05, 3.63) is 24.3 Å². The summed E-state index contributed by atoms with van der Waals surface area (Å²) in [6, 6.07) is 8.50. The van der Waals surface area contributed by atoms with Crippen molar-refractivity contribution >= 4 is 28.7 Å². The van der Waals surface area contributed by atoms with Crippen molar-refractivity contribution in [3.63, 3.8) is 0 Å². The number of rotatable bonds is 6. The van der Waals surface area contributed by atoms with Crippen molar-refractivity contribution in [3.8, 4) is 0 Å². The molecular formula is C23H31N3OS. The Morgan fingerprint density at radius 1 is 1.21 bits per heavy atom. The molecule has 1 aromatic heterocycles. The van der Waals surface area contributed by atoms with E-state index in [2.05, 4.69) is 29.8 Å². The third kappa shape index (κ3) is 3.16. The lowest BCUT2D eigenvalue weighted by Crippen LogP contribution is -2.56. The molecule has 1 N–H and O–H groups in total. The number of aryl methyl sites for hydroxylation is 1. The molecule has 2 aromatic rings. The molecule has 0 aliphatic heterocycles. The van der Waals surface area contributed by atoms with Crippen LogP contribution in [-0.4, -0.2) is 27.3 Å². The molecule has 6 rings (SSSR count). The van der Waals surface area contributed by atoms with Crippen LogP contribution in [0.15, 0.2) is 29.4 Å². The second-order valence-electron chi connectivity index (χ2n) is 9.49. The first kappa shape index (κ1) is 18.5. The van der Waals surface area contributed by atoms with Gasteiger partial charge in [-0.2, -0.15) is 0 Å². The van der Waals surface area contributed by atoms with Crippen molar-refractivity contribution in [1.82, 2.24) is 14.9 Å². The zero-order valence-corrected chi connectivity index (χ0v) is 17.8. The third-order valence-corrected chi connectivity index (χ3v) is 8.63. The highest BCUT2D eigenvalue weighted by Crippen LogP contribution is 2.61. The summed E-state index contributed by atoms with van der Waals surface area (Å²) in [5, 5.41) is 4.33. The van der Waals surface area contributed by atoms with E-state index in [9.17, 15) is 4.79 Å². The number of hydrogen-bond acceptors (Lipinski definition) is 3. The molecule has 0 unspecified atom stereocenters. The molecule has 4 nitrogen and oxygen atoms in total. The van der Waals surface area contributed by atoms with Crippen LogP contribution in [0.1, 0.15) is 52.4 Å². The average molecular weight is 398 g/mol. The molecule has 0 saturated heterocycles. The first-order valence-electron chi connectivity index (χ1n) is 10.9. The summed E-state index contributed by atoms with van der Waals surface area (Å²) in [5.41, 5.74) is 2.52. The van der Waals surface area contributed by atoms with Gasteiger partial charge < -0.3 is 9.88 Å². The second-order valence-corrected chi connectivity index (χ2v) is 10.4. The van der Waals surface area contributed by atoms with Crippen LogP contribution in [0.4, 0.5) is 0 Å². The highest BCUT2D eigenvalue weighted by molar-refractivity contribution is 7.99. The summed E-state index contributed by atoms with van der Waals surface area (Å²) < 4.78 is 2.20. The van der Waals surface area contributed by atoms with Crippen LogP contribution >= 0.6 is 11.8 Å². The number of amides is 1. The van der Waals surface area contributed by atoms with E-state index in [0.717, 1.165) is 40.5 Å². The lowest BCUT2D eigenvalue weighted by Gasteiger charge is -2.59. The maximum absolute atomic E-state index is 12.8. The smallest absolute Gasteiger partial charge is 0.230 e. The Hall–Kier alpha value is -1.49. The largest absolute Gasteiger partial charge is 0.352 e. The van der Waals surface area contributed by atoms with Gasteiger partial charge in [0.25, 0.3) is 0 Å². The summed E-state index contributed by atoms with van der Waals surface area (Å²) in [6.07, 6.45) is 8.34. The van der Waals surface area contributed by atoms with E-state index in [1.807, 2.05) is 18.2 Å². The molecule has 4 saturated carbocycles. The van der Waals surface area contributed by atoms with E-state index >= 15 is 0 Å². The van der Waals surface area contributed by atoms with Gasteiger partial charge in [0, 0.05) is 12.6 Å². The summed E-state index contributed by atoms with van der Waals surface area (Å²) >= 11 is 1.56. The van der Waals surface area contributed by atoms with E-state index in [-0.39, 0.29) is 5.91 Å². The van der Waals surface area contributed by atoms with Crippen LogP contribution in [0.25, 0.3) is 11.0 Å². The minimum absolute atomic E-state index is 0.156. The molecule has 28 heavy (non-hydrogen) atoms. The fourth-order valence-corrected chi connectivity index (χ4v) is 7.63. The summed E-state index contributed by atoms with van der Waals surface area (Å²) in [5.74, 6) is 3.36. The molecule has 0 radical (unpaired) electrons. The van der Waals surface area contributed by atoms with Crippen LogP contribution in [-0.2, 0) is 11.3 Å². The van der Waals surface area contributed by atoms with E-state index in [4.69, 9.17) is 4.98 Å². The zero-order valence-electron chi connectivity index (χ0n) is 17.0. The minimum atomic E-state index is 0.156. The summed E-state index contributed by atoms with van der Waals surface area (Å²) in [4.78, 5) is 17.5. The Morgan fingerprint density at radius 2 is 1.86 bits per heavy atom. The average Bonchev–Trinajstić information content (AvgIpc) is 3.02. The number of hydrogen-bond donors (Lipinski definition) is 1. The maximum Gasteiger partial charge on any atom is 0.230 e. The highest BCUT2D eigenvalue weighted by atomic mass is 32.2. The number of fused-ring (bicyclic) bond motifs is 1. The number of carbonyl (C=O) groups is 1. The SMILES string of the molecule is CCn1c(SCC(=O)N[C@@H](C)C23CC4CC(CC(C4)C2)C3)nc2ccccc21. The van der Waals surface area contributed by atoms with Crippen LogP contribution in [0.3, 0.4) is 0 Å². The van der Waals surface area contributed by atoms with Gasteiger partial charge in [-0.3, -0.25) is 4.79 Å². The zero-order chi connectivity index (χ0) is 19.3. The Labute approximate surface area is 171 Å². The van der Waals surface area contributed by atoms with Gasteiger partial charge in [0.2, 0.25) is 5.91 Å². The van der Waals surface area contributed by atoms with Crippen LogP contribution in [0.2, 0.25) is 0 Å². The van der Waals surface area contributed by atoms with Gasteiger partial charge in [-0.1, -0.05) is 23.9 Å². The fourth-order valence-electron chi connectivity index (χ4n) is 6.74. The van der Waals surface area contributed by atoms with Gasteiger partial charge in [0.1, 0.15) is 0 Å². The maximum atomic E-state index is 12.8. The molecule has 5 heteroatoms. The molecular weight excluding hydrogens is 366 g/mol. The van der Waals surface area contributed by atoms with Gasteiger partial charge >= 0.3 is 0 Å². The lowest BCUT2D eigenvalue weighted by molar-refractivity contribution is -0.123. The normalized spacial score (nSPS) is 32.0. The third-order valence-electron chi connectivity index (χ3n) is 7.65. The first-order chi connectivity index (χ1) is 13.6. The van der Waals surface area contributed by atoms with E-state index in [1.165, 1.54) is 38.5 Å². The van der Waals surface area contributed by atoms with Crippen molar-refractivity contribution < 1.29 is 4.79 Å². The Morgan fingerprint density at radius 3 is 2.50 bits per heavy atom. The molecule has 1 heterocycles.